The number of ether oxygens (including phenoxy) is 2. The Morgan fingerprint density at radius 2 is 2.20 bits per heavy atom. The molecule has 1 atom stereocenters. The predicted octanol–water partition coefficient (Wildman–Crippen LogP) is -0.114. The van der Waals surface area contributed by atoms with Gasteiger partial charge in [0.15, 0.2) is 0 Å². The van der Waals surface area contributed by atoms with Crippen molar-refractivity contribution in [3.63, 3.8) is 0 Å². The zero-order chi connectivity index (χ0) is 10.5. The first kappa shape index (κ1) is 10.1. The first-order chi connectivity index (χ1) is 7.34. The number of nitrogens with one attached hydrogen (secondary N) is 1. The van der Waals surface area contributed by atoms with Crippen LogP contribution >= 0.6 is 0 Å². The Morgan fingerprint density at radius 1 is 1.40 bits per heavy atom. The molecule has 0 aromatic carbocycles. The third kappa shape index (κ3) is 3.03. The smallest absolute Gasteiger partial charge is 0.222 e. The summed E-state index contributed by atoms with van der Waals surface area (Å²) >= 11 is 0. The van der Waals surface area contributed by atoms with E-state index in [2.05, 4.69) is 15.3 Å². The summed E-state index contributed by atoms with van der Waals surface area (Å²) in [5, 5.41) is 3.06. The highest BCUT2D eigenvalue weighted by molar-refractivity contribution is 5.35. The van der Waals surface area contributed by atoms with Crippen LogP contribution in [0.3, 0.4) is 0 Å². The Kier molecular flexibility index (Phi) is 3.31. The molecule has 15 heavy (non-hydrogen) atoms. The van der Waals surface area contributed by atoms with Crippen LogP contribution in [0.25, 0.3) is 0 Å². The Hall–Kier alpha value is -1.40. The van der Waals surface area contributed by atoms with Gasteiger partial charge >= 0.3 is 0 Å². The maximum atomic E-state index is 5.47. The van der Waals surface area contributed by atoms with E-state index < -0.39 is 0 Å². The molecule has 0 unspecified atom stereocenters. The second-order valence-electron chi connectivity index (χ2n) is 3.29. The molecular weight excluding hydrogens is 196 g/mol. The number of hydrogen-bond acceptors (Lipinski definition) is 6. The molecule has 82 valence electrons. The maximum Gasteiger partial charge on any atom is 0.222 e. The van der Waals surface area contributed by atoms with Gasteiger partial charge in [0.1, 0.15) is 0 Å². The van der Waals surface area contributed by atoms with E-state index in [-0.39, 0.29) is 6.10 Å². The molecule has 0 bridgehead atoms. The van der Waals surface area contributed by atoms with Crippen molar-refractivity contribution in [3.05, 3.63) is 12.4 Å². The predicted molar refractivity (Wildman–Crippen MR) is 55.5 cm³/mol. The standard InChI is InChI=1S/C9H14N4O2/c10-7-3-11-9(12-4-7)13-5-8-6-14-1-2-15-8/h3-4,8H,1-2,5-6,10H2,(H,11,12,13)/t8-/m1/s1. The minimum absolute atomic E-state index is 0.0694. The topological polar surface area (TPSA) is 82.3 Å². The second-order valence-corrected chi connectivity index (χ2v) is 3.29. The third-order valence-corrected chi connectivity index (χ3v) is 2.04. The van der Waals surface area contributed by atoms with E-state index in [1.165, 1.54) is 0 Å². The summed E-state index contributed by atoms with van der Waals surface area (Å²) in [6.07, 6.45) is 3.20. The molecule has 0 aliphatic carbocycles. The Labute approximate surface area is 87.8 Å². The number of aromatic nitrogens is 2. The number of hydrogen-bond donors (Lipinski definition) is 2. The fraction of sp³-hybridized carbons (Fsp3) is 0.556. The van der Waals surface area contributed by atoms with Gasteiger partial charge in [-0.05, 0) is 0 Å². The summed E-state index contributed by atoms with van der Waals surface area (Å²) in [5.41, 5.74) is 6.02. The van der Waals surface area contributed by atoms with Crippen LogP contribution in [0.15, 0.2) is 12.4 Å². The van der Waals surface area contributed by atoms with Crippen molar-refractivity contribution < 1.29 is 9.47 Å². The van der Waals surface area contributed by atoms with Gasteiger partial charge in [0, 0.05) is 6.54 Å². The van der Waals surface area contributed by atoms with Crippen molar-refractivity contribution in [3.8, 4) is 0 Å². The molecule has 1 saturated heterocycles. The van der Waals surface area contributed by atoms with E-state index in [0.29, 0.717) is 38.0 Å². The Bertz CT molecular complexity index is 297. The number of nitrogens with zero attached hydrogens (tertiary/aromatic N) is 2. The molecule has 3 N–H and O–H groups in total. The van der Waals surface area contributed by atoms with Gasteiger partial charge in [0.25, 0.3) is 0 Å². The van der Waals surface area contributed by atoms with Crippen molar-refractivity contribution in [1.29, 1.82) is 0 Å². The van der Waals surface area contributed by atoms with E-state index in [1.54, 1.807) is 12.4 Å². The number of nitrogen functional groups attached to an aromatic ring is 1. The number of nitrogens with two attached hydrogens (primary N) is 1. The van der Waals surface area contributed by atoms with Gasteiger partial charge in [-0.25, -0.2) is 9.97 Å². The van der Waals surface area contributed by atoms with Gasteiger partial charge in [0.2, 0.25) is 5.95 Å². The van der Waals surface area contributed by atoms with Crippen LogP contribution in [0.1, 0.15) is 0 Å². The first-order valence-corrected chi connectivity index (χ1v) is 4.85. The molecule has 6 heteroatoms. The van der Waals surface area contributed by atoms with Gasteiger partial charge in [-0.1, -0.05) is 0 Å². The second kappa shape index (κ2) is 4.90. The van der Waals surface area contributed by atoms with Crippen molar-refractivity contribution in [2.45, 2.75) is 6.10 Å². The van der Waals surface area contributed by atoms with Gasteiger partial charge in [-0.3, -0.25) is 0 Å². The third-order valence-electron chi connectivity index (χ3n) is 2.04. The highest BCUT2D eigenvalue weighted by Crippen LogP contribution is 2.04. The molecular formula is C9H14N4O2. The molecule has 0 saturated carbocycles. The van der Waals surface area contributed by atoms with E-state index >= 15 is 0 Å². The van der Waals surface area contributed by atoms with E-state index in [4.69, 9.17) is 15.2 Å². The number of anilines is 2. The zero-order valence-electron chi connectivity index (χ0n) is 8.35. The summed E-state index contributed by atoms with van der Waals surface area (Å²) in [6, 6.07) is 0. The molecule has 2 heterocycles. The normalized spacial score (nSPS) is 21.2. The van der Waals surface area contributed by atoms with Crippen LogP contribution in [0.4, 0.5) is 11.6 Å². The highest BCUT2D eigenvalue weighted by Gasteiger charge is 2.13. The van der Waals surface area contributed by atoms with Crippen LogP contribution in [-0.2, 0) is 9.47 Å². The molecule has 1 aliphatic rings. The lowest BCUT2D eigenvalue weighted by Crippen LogP contribution is -2.34. The fourth-order valence-electron chi connectivity index (χ4n) is 1.29. The fourth-order valence-corrected chi connectivity index (χ4v) is 1.29. The molecule has 1 aromatic rings. The van der Waals surface area contributed by atoms with Gasteiger partial charge in [0.05, 0.1) is 44.0 Å². The summed E-state index contributed by atoms with van der Waals surface area (Å²) < 4.78 is 10.7. The van der Waals surface area contributed by atoms with E-state index in [9.17, 15) is 0 Å². The van der Waals surface area contributed by atoms with Crippen molar-refractivity contribution in [2.75, 3.05) is 37.4 Å². The highest BCUT2D eigenvalue weighted by atomic mass is 16.6. The lowest BCUT2D eigenvalue weighted by Gasteiger charge is -2.22. The minimum atomic E-state index is 0.0694. The molecule has 1 aliphatic heterocycles. The SMILES string of the molecule is Nc1cnc(NC[C@@H]2COCCO2)nc1. The van der Waals surface area contributed by atoms with Crippen molar-refractivity contribution in [2.24, 2.45) is 0 Å². The lowest BCUT2D eigenvalue weighted by atomic mass is 10.3. The van der Waals surface area contributed by atoms with Crippen molar-refractivity contribution in [1.82, 2.24) is 9.97 Å². The molecule has 0 amide bonds. The van der Waals surface area contributed by atoms with Gasteiger partial charge in [-0.2, -0.15) is 0 Å². The summed E-state index contributed by atoms with van der Waals surface area (Å²) in [5.74, 6) is 0.554. The molecule has 0 radical (unpaired) electrons. The lowest BCUT2D eigenvalue weighted by molar-refractivity contribution is -0.0819. The average Bonchev–Trinajstić information content (AvgIpc) is 2.30. The summed E-state index contributed by atoms with van der Waals surface area (Å²) in [6.45, 7) is 2.58. The zero-order valence-corrected chi connectivity index (χ0v) is 8.35. The monoisotopic (exact) mass is 210 g/mol. The van der Waals surface area contributed by atoms with Crippen LogP contribution in [-0.4, -0.2) is 42.4 Å². The van der Waals surface area contributed by atoms with Crippen LogP contribution in [0.2, 0.25) is 0 Å². The minimum Gasteiger partial charge on any atom is -0.396 e. The van der Waals surface area contributed by atoms with E-state index in [0.717, 1.165) is 0 Å². The Morgan fingerprint density at radius 3 is 2.87 bits per heavy atom. The maximum absolute atomic E-state index is 5.47. The number of rotatable bonds is 3. The summed E-state index contributed by atoms with van der Waals surface area (Å²) in [4.78, 5) is 8.04. The molecule has 6 nitrogen and oxygen atoms in total. The Balaban J connectivity index is 1.79. The quantitative estimate of drug-likeness (QED) is 0.724. The molecule has 2 rings (SSSR count). The van der Waals surface area contributed by atoms with Crippen LogP contribution in [0.5, 0.6) is 0 Å². The van der Waals surface area contributed by atoms with Gasteiger partial charge < -0.3 is 20.5 Å². The average molecular weight is 210 g/mol. The summed E-state index contributed by atoms with van der Waals surface area (Å²) in [7, 11) is 0. The molecule has 1 fully saturated rings. The van der Waals surface area contributed by atoms with Gasteiger partial charge in [-0.15, -0.1) is 0 Å². The molecule has 1 aromatic heterocycles. The largest absolute Gasteiger partial charge is 0.396 e. The van der Waals surface area contributed by atoms with Crippen LogP contribution < -0.4 is 11.1 Å². The van der Waals surface area contributed by atoms with Crippen LogP contribution in [0, 0.1) is 0 Å². The van der Waals surface area contributed by atoms with Crippen molar-refractivity contribution >= 4 is 11.6 Å². The molecule has 0 spiro atoms. The first-order valence-electron chi connectivity index (χ1n) is 4.85. The van der Waals surface area contributed by atoms with E-state index in [1.807, 2.05) is 0 Å².